The van der Waals surface area contributed by atoms with E-state index in [0.717, 1.165) is 22.8 Å². The van der Waals surface area contributed by atoms with E-state index < -0.39 is 16.9 Å². The fourth-order valence-electron chi connectivity index (χ4n) is 2.07. The molecule has 0 radical (unpaired) electrons. The number of hydrogen-bond donors (Lipinski definition) is 1. The molecule has 2 aromatic heterocycles. The number of halogens is 2. The third-order valence-electron chi connectivity index (χ3n) is 3.42. The maximum absolute atomic E-state index is 13.2. The summed E-state index contributed by atoms with van der Waals surface area (Å²) in [7, 11) is 1.83. The molecule has 0 saturated carbocycles. The third kappa shape index (κ3) is 3.88. The average molecular weight is 380 g/mol. The van der Waals surface area contributed by atoms with Crippen LogP contribution in [0.2, 0.25) is 0 Å². The van der Waals surface area contributed by atoms with Crippen LogP contribution in [-0.4, -0.2) is 25.9 Å². The third-order valence-corrected chi connectivity index (χ3v) is 5.41. The van der Waals surface area contributed by atoms with E-state index >= 15 is 0 Å². The van der Waals surface area contributed by atoms with E-state index in [4.69, 9.17) is 0 Å². The van der Waals surface area contributed by atoms with Gasteiger partial charge in [0.25, 0.3) is 0 Å². The predicted molar refractivity (Wildman–Crippen MR) is 94.6 cm³/mol. The Hall–Kier alpha value is -2.26. The fourth-order valence-corrected chi connectivity index (χ4v) is 3.63. The molecule has 0 spiro atoms. The number of amides is 1. The molecule has 0 saturated heterocycles. The van der Waals surface area contributed by atoms with Gasteiger partial charge in [0.05, 0.1) is 10.1 Å². The number of carbonyl (C=O) groups is 1. The monoisotopic (exact) mass is 380 g/mol. The SMILES string of the molecule is CC(Sc1nnc(-c2cccs2)n1C)C(=O)Nc1ccc(F)c(F)c1. The van der Waals surface area contributed by atoms with E-state index in [1.807, 2.05) is 29.1 Å². The van der Waals surface area contributed by atoms with Crippen LogP contribution in [0.25, 0.3) is 10.7 Å². The number of benzene rings is 1. The van der Waals surface area contributed by atoms with Gasteiger partial charge < -0.3 is 9.88 Å². The Balaban J connectivity index is 1.68. The second-order valence-corrected chi connectivity index (χ2v) is 7.48. The van der Waals surface area contributed by atoms with Crippen LogP contribution >= 0.6 is 23.1 Å². The largest absolute Gasteiger partial charge is 0.325 e. The van der Waals surface area contributed by atoms with E-state index in [2.05, 4.69) is 15.5 Å². The van der Waals surface area contributed by atoms with Gasteiger partial charge in [0.2, 0.25) is 5.91 Å². The molecule has 5 nitrogen and oxygen atoms in total. The average Bonchev–Trinajstić information content (AvgIpc) is 3.21. The lowest BCUT2D eigenvalue weighted by Crippen LogP contribution is -2.23. The summed E-state index contributed by atoms with van der Waals surface area (Å²) in [6.07, 6.45) is 0. The molecule has 0 aliphatic heterocycles. The lowest BCUT2D eigenvalue weighted by Gasteiger charge is -2.11. The number of anilines is 1. The Kier molecular flexibility index (Phi) is 5.14. The number of carbonyl (C=O) groups excluding carboxylic acids is 1. The summed E-state index contributed by atoms with van der Waals surface area (Å²) in [6, 6.07) is 7.10. The van der Waals surface area contributed by atoms with Gasteiger partial charge in [-0.15, -0.1) is 21.5 Å². The number of rotatable bonds is 5. The van der Waals surface area contributed by atoms with Gasteiger partial charge in [-0.2, -0.15) is 0 Å². The van der Waals surface area contributed by atoms with Crippen molar-refractivity contribution >= 4 is 34.7 Å². The smallest absolute Gasteiger partial charge is 0.237 e. The molecule has 0 bridgehead atoms. The minimum absolute atomic E-state index is 0.202. The lowest BCUT2D eigenvalue weighted by molar-refractivity contribution is -0.115. The first-order valence-electron chi connectivity index (χ1n) is 7.31. The van der Waals surface area contributed by atoms with Crippen LogP contribution in [0.3, 0.4) is 0 Å². The van der Waals surface area contributed by atoms with Crippen molar-refractivity contribution in [2.75, 3.05) is 5.32 Å². The van der Waals surface area contributed by atoms with Crippen LogP contribution in [0, 0.1) is 11.6 Å². The number of nitrogens with zero attached hydrogens (tertiary/aromatic N) is 3. The van der Waals surface area contributed by atoms with Crippen LogP contribution in [-0.2, 0) is 11.8 Å². The van der Waals surface area contributed by atoms with Crippen molar-refractivity contribution in [1.82, 2.24) is 14.8 Å². The molecule has 3 aromatic rings. The van der Waals surface area contributed by atoms with Gasteiger partial charge in [0.15, 0.2) is 22.6 Å². The number of thiophene rings is 1. The summed E-state index contributed by atoms with van der Waals surface area (Å²) >= 11 is 2.79. The highest BCUT2D eigenvalue weighted by Gasteiger charge is 2.20. The van der Waals surface area contributed by atoms with E-state index in [9.17, 15) is 13.6 Å². The number of nitrogens with one attached hydrogen (secondary N) is 1. The molecule has 1 amide bonds. The Labute approximate surface area is 151 Å². The molecule has 3 rings (SSSR count). The molecule has 9 heteroatoms. The van der Waals surface area contributed by atoms with E-state index in [1.165, 1.54) is 17.8 Å². The summed E-state index contributed by atoms with van der Waals surface area (Å²) in [6.45, 7) is 1.71. The first-order valence-corrected chi connectivity index (χ1v) is 9.07. The minimum atomic E-state index is -1.01. The van der Waals surface area contributed by atoms with Crippen molar-refractivity contribution in [3.63, 3.8) is 0 Å². The number of aromatic nitrogens is 3. The van der Waals surface area contributed by atoms with E-state index in [1.54, 1.807) is 18.3 Å². The van der Waals surface area contributed by atoms with Crippen LogP contribution in [0.1, 0.15) is 6.92 Å². The van der Waals surface area contributed by atoms with Crippen molar-refractivity contribution in [1.29, 1.82) is 0 Å². The van der Waals surface area contributed by atoms with Gasteiger partial charge in [-0.1, -0.05) is 17.8 Å². The van der Waals surface area contributed by atoms with Gasteiger partial charge in [0, 0.05) is 18.8 Å². The highest BCUT2D eigenvalue weighted by Crippen LogP contribution is 2.28. The molecule has 2 heterocycles. The zero-order valence-corrected chi connectivity index (χ0v) is 15.0. The predicted octanol–water partition coefficient (Wildman–Crippen LogP) is 3.94. The highest BCUT2D eigenvalue weighted by atomic mass is 32.2. The minimum Gasteiger partial charge on any atom is -0.325 e. The first-order chi connectivity index (χ1) is 12.0. The van der Waals surface area contributed by atoms with E-state index in [-0.39, 0.29) is 11.6 Å². The Morgan fingerprint density at radius 1 is 1.28 bits per heavy atom. The molecule has 1 atom stereocenters. The fraction of sp³-hybridized carbons (Fsp3) is 0.188. The molecular weight excluding hydrogens is 366 g/mol. The molecule has 0 aliphatic rings. The Morgan fingerprint density at radius 2 is 2.08 bits per heavy atom. The quantitative estimate of drug-likeness (QED) is 0.681. The van der Waals surface area contributed by atoms with Crippen LogP contribution in [0.5, 0.6) is 0 Å². The normalized spacial score (nSPS) is 12.2. The van der Waals surface area contributed by atoms with Crippen LogP contribution < -0.4 is 5.32 Å². The van der Waals surface area contributed by atoms with Crippen LogP contribution in [0.15, 0.2) is 40.9 Å². The molecule has 1 N–H and O–H groups in total. The second-order valence-electron chi connectivity index (χ2n) is 5.22. The summed E-state index contributed by atoms with van der Waals surface area (Å²) in [5.41, 5.74) is 0.202. The molecule has 25 heavy (non-hydrogen) atoms. The zero-order valence-electron chi connectivity index (χ0n) is 13.4. The second kappa shape index (κ2) is 7.32. The number of thioether (sulfide) groups is 1. The molecule has 1 aromatic carbocycles. The van der Waals surface area contributed by atoms with Crippen LogP contribution in [0.4, 0.5) is 14.5 Å². The van der Waals surface area contributed by atoms with Crippen molar-refractivity contribution in [2.24, 2.45) is 7.05 Å². The van der Waals surface area contributed by atoms with Gasteiger partial charge in [-0.3, -0.25) is 4.79 Å². The Bertz CT molecular complexity index is 896. The van der Waals surface area contributed by atoms with Crippen molar-refractivity contribution < 1.29 is 13.6 Å². The summed E-state index contributed by atoms with van der Waals surface area (Å²) < 4.78 is 28.0. The first kappa shape index (κ1) is 17.6. The maximum Gasteiger partial charge on any atom is 0.237 e. The van der Waals surface area contributed by atoms with Gasteiger partial charge >= 0.3 is 0 Å². The molecule has 0 fully saturated rings. The van der Waals surface area contributed by atoms with Crippen molar-refractivity contribution in [3.8, 4) is 10.7 Å². The zero-order chi connectivity index (χ0) is 18.0. The number of hydrogen-bond acceptors (Lipinski definition) is 5. The lowest BCUT2D eigenvalue weighted by atomic mass is 10.3. The molecular formula is C16H14F2N4OS2. The summed E-state index contributed by atoms with van der Waals surface area (Å²) in [4.78, 5) is 13.2. The van der Waals surface area contributed by atoms with Gasteiger partial charge in [0.1, 0.15) is 0 Å². The molecule has 1 unspecified atom stereocenters. The maximum atomic E-state index is 13.2. The molecule has 0 aliphatic carbocycles. The van der Waals surface area contributed by atoms with Gasteiger partial charge in [-0.05, 0) is 30.5 Å². The van der Waals surface area contributed by atoms with E-state index in [0.29, 0.717) is 5.16 Å². The topological polar surface area (TPSA) is 59.8 Å². The molecule has 130 valence electrons. The highest BCUT2D eigenvalue weighted by molar-refractivity contribution is 8.00. The summed E-state index contributed by atoms with van der Waals surface area (Å²) in [5.74, 6) is -1.57. The summed E-state index contributed by atoms with van der Waals surface area (Å²) in [5, 5.41) is 12.9. The Morgan fingerprint density at radius 3 is 2.76 bits per heavy atom. The standard InChI is InChI=1S/C16H14F2N4OS2/c1-9(15(23)19-10-5-6-11(17)12(18)8-10)25-16-21-20-14(22(16)2)13-4-3-7-24-13/h3-9H,1-2H3,(H,19,23). The van der Waals surface area contributed by atoms with Crippen molar-refractivity contribution in [3.05, 3.63) is 47.3 Å². The van der Waals surface area contributed by atoms with Gasteiger partial charge in [-0.25, -0.2) is 8.78 Å². The van der Waals surface area contributed by atoms with Crippen molar-refractivity contribution in [2.45, 2.75) is 17.3 Å².